The van der Waals surface area contributed by atoms with E-state index in [1.807, 2.05) is 0 Å². The standard InChI is InChI=1S/C30H58O4/c1-2-3-4-5-6-7-8-9-10-11-12-13-16-19-22-25-28-34-30(33)27-24-21-18-15-14-17-20-23-26-29(31)32/h2-28H2,1H3,(H,31,32). The first-order valence-electron chi connectivity index (χ1n) is 15.0. The zero-order valence-corrected chi connectivity index (χ0v) is 22.8. The summed E-state index contributed by atoms with van der Waals surface area (Å²) in [5.74, 6) is -0.726. The topological polar surface area (TPSA) is 63.6 Å². The van der Waals surface area contributed by atoms with Crippen LogP contribution in [0.4, 0.5) is 0 Å². The van der Waals surface area contributed by atoms with Crippen molar-refractivity contribution in [3.8, 4) is 0 Å². The molecule has 0 bridgehead atoms. The highest BCUT2D eigenvalue weighted by Crippen LogP contribution is 2.14. The van der Waals surface area contributed by atoms with E-state index in [9.17, 15) is 9.59 Å². The molecule has 0 spiro atoms. The van der Waals surface area contributed by atoms with Gasteiger partial charge in [0.15, 0.2) is 0 Å². The maximum absolute atomic E-state index is 11.8. The first kappa shape index (κ1) is 32.9. The quantitative estimate of drug-likeness (QED) is 0.0890. The summed E-state index contributed by atoms with van der Waals surface area (Å²) in [4.78, 5) is 22.2. The zero-order chi connectivity index (χ0) is 25.0. The van der Waals surface area contributed by atoms with Gasteiger partial charge in [-0.25, -0.2) is 0 Å². The SMILES string of the molecule is CCCCCCCCCCCCCCCCCCOC(=O)CCCCCCCCCCC(=O)O. The van der Waals surface area contributed by atoms with Crippen molar-refractivity contribution in [3.63, 3.8) is 0 Å². The number of unbranched alkanes of at least 4 members (excludes halogenated alkanes) is 22. The molecule has 0 fully saturated rings. The molecule has 0 aromatic rings. The molecule has 0 saturated heterocycles. The molecule has 0 radical (unpaired) electrons. The molecule has 4 nitrogen and oxygen atoms in total. The molecule has 0 aliphatic rings. The molecule has 0 heterocycles. The summed E-state index contributed by atoms with van der Waals surface area (Å²) in [7, 11) is 0. The number of carbonyl (C=O) groups excluding carboxylic acids is 1. The van der Waals surface area contributed by atoms with Gasteiger partial charge < -0.3 is 9.84 Å². The molecular formula is C30H58O4. The molecule has 34 heavy (non-hydrogen) atoms. The summed E-state index contributed by atoms with van der Waals surface area (Å²) in [6.07, 6.45) is 31.0. The average Bonchev–Trinajstić information content (AvgIpc) is 2.82. The molecule has 0 atom stereocenters. The van der Waals surface area contributed by atoms with Crippen LogP contribution in [-0.2, 0) is 14.3 Å². The van der Waals surface area contributed by atoms with Crippen LogP contribution in [0.25, 0.3) is 0 Å². The molecule has 0 amide bonds. The van der Waals surface area contributed by atoms with E-state index in [1.165, 1.54) is 109 Å². The second kappa shape index (κ2) is 28.2. The minimum absolute atomic E-state index is 0.0327. The predicted molar refractivity (Wildman–Crippen MR) is 144 cm³/mol. The van der Waals surface area contributed by atoms with Gasteiger partial charge in [0.2, 0.25) is 0 Å². The molecule has 4 heteroatoms. The lowest BCUT2D eigenvalue weighted by atomic mass is 10.0. The Hall–Kier alpha value is -1.06. The van der Waals surface area contributed by atoms with Crippen molar-refractivity contribution >= 4 is 11.9 Å². The van der Waals surface area contributed by atoms with E-state index in [1.54, 1.807) is 0 Å². The van der Waals surface area contributed by atoms with Crippen LogP contribution in [0.3, 0.4) is 0 Å². The van der Waals surface area contributed by atoms with Crippen LogP contribution < -0.4 is 0 Å². The molecular weight excluding hydrogens is 424 g/mol. The largest absolute Gasteiger partial charge is 0.481 e. The summed E-state index contributed by atoms with van der Waals surface area (Å²) >= 11 is 0. The highest BCUT2D eigenvalue weighted by Gasteiger charge is 2.03. The number of ether oxygens (including phenoxy) is 1. The molecule has 0 saturated carbocycles. The fraction of sp³-hybridized carbons (Fsp3) is 0.933. The number of carbonyl (C=O) groups is 2. The van der Waals surface area contributed by atoms with Crippen molar-refractivity contribution in [1.82, 2.24) is 0 Å². The fourth-order valence-electron chi connectivity index (χ4n) is 4.51. The second-order valence-corrected chi connectivity index (χ2v) is 10.2. The Morgan fingerprint density at radius 1 is 0.471 bits per heavy atom. The van der Waals surface area contributed by atoms with E-state index >= 15 is 0 Å². The van der Waals surface area contributed by atoms with Crippen molar-refractivity contribution < 1.29 is 19.4 Å². The van der Waals surface area contributed by atoms with Gasteiger partial charge >= 0.3 is 11.9 Å². The Labute approximate surface area is 212 Å². The molecule has 1 N–H and O–H groups in total. The van der Waals surface area contributed by atoms with Crippen LogP contribution >= 0.6 is 0 Å². The van der Waals surface area contributed by atoms with Gasteiger partial charge in [0.25, 0.3) is 0 Å². The minimum atomic E-state index is -0.693. The highest BCUT2D eigenvalue weighted by atomic mass is 16.5. The number of aliphatic carboxylic acids is 1. The van der Waals surface area contributed by atoms with Gasteiger partial charge in [0, 0.05) is 12.8 Å². The third-order valence-electron chi connectivity index (χ3n) is 6.78. The van der Waals surface area contributed by atoms with Crippen LogP contribution in [0.5, 0.6) is 0 Å². The lowest BCUT2D eigenvalue weighted by Crippen LogP contribution is -2.05. The Morgan fingerprint density at radius 3 is 1.18 bits per heavy atom. The van der Waals surface area contributed by atoms with E-state index in [2.05, 4.69) is 6.92 Å². The van der Waals surface area contributed by atoms with E-state index in [0.717, 1.165) is 44.9 Å². The number of hydrogen-bond acceptors (Lipinski definition) is 3. The number of rotatable bonds is 28. The summed E-state index contributed by atoms with van der Waals surface area (Å²) in [6, 6.07) is 0. The van der Waals surface area contributed by atoms with Crippen LogP contribution in [0.15, 0.2) is 0 Å². The second-order valence-electron chi connectivity index (χ2n) is 10.2. The Kier molecular flexibility index (Phi) is 27.3. The zero-order valence-electron chi connectivity index (χ0n) is 22.8. The minimum Gasteiger partial charge on any atom is -0.481 e. The van der Waals surface area contributed by atoms with Crippen molar-refractivity contribution in [3.05, 3.63) is 0 Å². The van der Waals surface area contributed by atoms with Gasteiger partial charge in [-0.1, -0.05) is 142 Å². The summed E-state index contributed by atoms with van der Waals surface area (Å²) in [6.45, 7) is 2.87. The number of carboxylic acid groups (broad SMARTS) is 1. The van der Waals surface area contributed by atoms with Gasteiger partial charge in [0.05, 0.1) is 6.61 Å². The molecule has 0 aromatic carbocycles. The fourth-order valence-corrected chi connectivity index (χ4v) is 4.51. The van der Waals surface area contributed by atoms with Gasteiger partial charge in [-0.3, -0.25) is 9.59 Å². The van der Waals surface area contributed by atoms with Crippen molar-refractivity contribution in [2.75, 3.05) is 6.61 Å². The Morgan fingerprint density at radius 2 is 0.794 bits per heavy atom. The molecule has 0 aromatic heterocycles. The van der Waals surface area contributed by atoms with Crippen molar-refractivity contribution in [2.45, 2.75) is 174 Å². The smallest absolute Gasteiger partial charge is 0.305 e. The number of carboxylic acids is 1. The molecule has 0 rings (SSSR count). The summed E-state index contributed by atoms with van der Waals surface area (Å²) in [5, 5.41) is 8.59. The van der Waals surface area contributed by atoms with Gasteiger partial charge in [-0.05, 0) is 19.3 Å². The molecule has 0 aliphatic carbocycles. The van der Waals surface area contributed by atoms with Gasteiger partial charge in [-0.15, -0.1) is 0 Å². The van der Waals surface area contributed by atoms with E-state index in [4.69, 9.17) is 9.84 Å². The Bertz CT molecular complexity index is 436. The van der Waals surface area contributed by atoms with Crippen LogP contribution in [0.2, 0.25) is 0 Å². The normalized spacial score (nSPS) is 11.1. The first-order chi connectivity index (χ1) is 16.7. The first-order valence-corrected chi connectivity index (χ1v) is 15.0. The van der Waals surface area contributed by atoms with E-state index < -0.39 is 5.97 Å². The summed E-state index contributed by atoms with van der Waals surface area (Å²) in [5.41, 5.74) is 0. The Balaban J connectivity index is 3.15. The monoisotopic (exact) mass is 482 g/mol. The predicted octanol–water partition coefficient (Wildman–Crippen LogP) is 9.78. The van der Waals surface area contributed by atoms with Gasteiger partial charge in [-0.2, -0.15) is 0 Å². The number of esters is 1. The molecule has 0 aliphatic heterocycles. The summed E-state index contributed by atoms with van der Waals surface area (Å²) < 4.78 is 5.37. The molecule has 0 unspecified atom stereocenters. The third kappa shape index (κ3) is 29.0. The maximum Gasteiger partial charge on any atom is 0.305 e. The lowest BCUT2D eigenvalue weighted by Gasteiger charge is -2.06. The van der Waals surface area contributed by atoms with Crippen molar-refractivity contribution in [1.29, 1.82) is 0 Å². The maximum atomic E-state index is 11.8. The average molecular weight is 483 g/mol. The third-order valence-corrected chi connectivity index (χ3v) is 6.78. The van der Waals surface area contributed by atoms with Crippen LogP contribution in [0, 0.1) is 0 Å². The number of hydrogen-bond donors (Lipinski definition) is 1. The van der Waals surface area contributed by atoms with Crippen LogP contribution in [-0.4, -0.2) is 23.7 Å². The molecule has 202 valence electrons. The van der Waals surface area contributed by atoms with Crippen molar-refractivity contribution in [2.24, 2.45) is 0 Å². The highest BCUT2D eigenvalue weighted by molar-refractivity contribution is 5.69. The van der Waals surface area contributed by atoms with Crippen LogP contribution in [0.1, 0.15) is 174 Å². The van der Waals surface area contributed by atoms with Gasteiger partial charge in [0.1, 0.15) is 0 Å². The van der Waals surface area contributed by atoms with E-state index in [0.29, 0.717) is 19.4 Å². The lowest BCUT2D eigenvalue weighted by molar-refractivity contribution is -0.144. The van der Waals surface area contributed by atoms with E-state index in [-0.39, 0.29) is 5.97 Å².